The monoisotopic (exact) mass is 305 g/mol. The second-order valence-electron chi connectivity index (χ2n) is 5.55. The van der Waals surface area contributed by atoms with Gasteiger partial charge < -0.3 is 9.84 Å². The number of carbonyl (C=O) groups is 2. The van der Waals surface area contributed by atoms with E-state index in [0.29, 0.717) is 10.7 Å². The molecule has 0 aliphatic carbocycles. The van der Waals surface area contributed by atoms with Gasteiger partial charge >= 0.3 is 0 Å². The first kappa shape index (κ1) is 13.0. The van der Waals surface area contributed by atoms with Gasteiger partial charge in [-0.3, -0.25) is 9.59 Å². The molecule has 108 valence electrons. The van der Waals surface area contributed by atoms with E-state index in [1.807, 2.05) is 0 Å². The Balaban J connectivity index is 1.77. The fourth-order valence-corrected chi connectivity index (χ4v) is 3.65. The number of imide groups is 1. The van der Waals surface area contributed by atoms with Gasteiger partial charge in [-0.05, 0) is 24.3 Å². The molecular formula is C15H12ClNO4. The van der Waals surface area contributed by atoms with Gasteiger partial charge in [0.15, 0.2) is 0 Å². The van der Waals surface area contributed by atoms with E-state index in [-0.39, 0.29) is 18.4 Å². The largest absolute Gasteiger partial charge is 0.393 e. The molecule has 0 unspecified atom stereocenters. The first-order valence-corrected chi connectivity index (χ1v) is 7.07. The molecule has 2 fully saturated rings. The lowest BCUT2D eigenvalue weighted by Crippen LogP contribution is -2.43. The number of fused-ring (bicyclic) bond motifs is 5. The Hall–Kier alpha value is -1.69. The third-order valence-corrected chi connectivity index (χ3v) is 4.74. The lowest BCUT2D eigenvalue weighted by molar-refractivity contribution is -0.128. The minimum absolute atomic E-state index is 0.281. The molecule has 2 amide bonds. The molecule has 0 saturated carbocycles. The summed E-state index contributed by atoms with van der Waals surface area (Å²) in [7, 11) is 0. The summed E-state index contributed by atoms with van der Waals surface area (Å²) in [5.74, 6) is -1.81. The average Bonchev–Trinajstić information content (AvgIpc) is 3.12. The van der Waals surface area contributed by atoms with Gasteiger partial charge in [0.25, 0.3) is 0 Å². The molecule has 0 aromatic heterocycles. The molecule has 3 aliphatic heterocycles. The van der Waals surface area contributed by atoms with Crippen LogP contribution in [0.5, 0.6) is 0 Å². The second-order valence-corrected chi connectivity index (χ2v) is 5.98. The number of amides is 2. The summed E-state index contributed by atoms with van der Waals surface area (Å²) in [5, 5.41) is 10.1. The number of benzene rings is 1. The Morgan fingerprint density at radius 3 is 2.62 bits per heavy atom. The number of ether oxygens (including phenoxy) is 1. The SMILES string of the molecule is O=C1[C@@H]2[C@@H](C(=O)N1c1ccc(Cl)cc1)[C@@]1(CO)C=C[C@H]2O1. The molecule has 3 heterocycles. The van der Waals surface area contributed by atoms with Crippen molar-refractivity contribution in [2.45, 2.75) is 11.7 Å². The van der Waals surface area contributed by atoms with Gasteiger partial charge in [-0.15, -0.1) is 0 Å². The van der Waals surface area contributed by atoms with Crippen LogP contribution in [-0.2, 0) is 14.3 Å². The van der Waals surface area contributed by atoms with Crippen LogP contribution in [0.2, 0.25) is 5.02 Å². The summed E-state index contributed by atoms with van der Waals surface area (Å²) < 4.78 is 5.67. The van der Waals surface area contributed by atoms with Gasteiger partial charge in [0.2, 0.25) is 11.8 Å². The second kappa shape index (κ2) is 4.16. The third-order valence-electron chi connectivity index (χ3n) is 4.49. The van der Waals surface area contributed by atoms with Crippen LogP contribution >= 0.6 is 11.6 Å². The molecule has 4 atom stereocenters. The average molecular weight is 306 g/mol. The molecule has 2 bridgehead atoms. The third kappa shape index (κ3) is 1.54. The lowest BCUT2D eigenvalue weighted by Gasteiger charge is -2.26. The molecule has 1 aromatic rings. The first-order valence-electron chi connectivity index (χ1n) is 6.69. The van der Waals surface area contributed by atoms with E-state index in [1.165, 1.54) is 4.90 Å². The highest BCUT2D eigenvalue weighted by molar-refractivity contribution is 6.31. The van der Waals surface area contributed by atoms with Crippen LogP contribution in [0.4, 0.5) is 5.69 Å². The van der Waals surface area contributed by atoms with Gasteiger partial charge in [-0.1, -0.05) is 23.8 Å². The van der Waals surface area contributed by atoms with Crippen molar-refractivity contribution in [3.05, 3.63) is 41.4 Å². The van der Waals surface area contributed by atoms with Crippen LogP contribution in [-0.4, -0.2) is 35.2 Å². The zero-order valence-corrected chi connectivity index (χ0v) is 11.7. The number of aliphatic hydroxyl groups excluding tert-OH is 1. The topological polar surface area (TPSA) is 66.8 Å². The van der Waals surface area contributed by atoms with Crippen molar-refractivity contribution < 1.29 is 19.4 Å². The molecule has 4 rings (SSSR count). The lowest BCUT2D eigenvalue weighted by atomic mass is 9.77. The van der Waals surface area contributed by atoms with E-state index in [1.54, 1.807) is 36.4 Å². The summed E-state index contributed by atoms with van der Waals surface area (Å²) >= 11 is 5.84. The van der Waals surface area contributed by atoms with Crippen LogP contribution in [0, 0.1) is 11.8 Å². The standard InChI is InChI=1S/C15H12ClNO4/c16-8-1-3-9(4-2-8)17-13(19)11-10-5-6-15(7-18,21-10)12(11)14(17)20/h1-6,10-12,18H,7H2/t10-,11+,12+,15+/m1/s1. The van der Waals surface area contributed by atoms with E-state index in [0.717, 1.165) is 0 Å². The number of aliphatic hydroxyl groups is 1. The van der Waals surface area contributed by atoms with Crippen molar-refractivity contribution >= 4 is 29.1 Å². The van der Waals surface area contributed by atoms with E-state index in [2.05, 4.69) is 0 Å². The van der Waals surface area contributed by atoms with Gasteiger partial charge in [-0.25, -0.2) is 4.90 Å². The fraction of sp³-hybridized carbons (Fsp3) is 0.333. The number of hydrogen-bond acceptors (Lipinski definition) is 4. The van der Waals surface area contributed by atoms with Gasteiger partial charge in [0.1, 0.15) is 5.60 Å². The van der Waals surface area contributed by atoms with Crippen molar-refractivity contribution in [3.8, 4) is 0 Å². The van der Waals surface area contributed by atoms with Gasteiger partial charge in [-0.2, -0.15) is 0 Å². The Bertz CT molecular complexity index is 671. The zero-order chi connectivity index (χ0) is 14.8. The Morgan fingerprint density at radius 1 is 1.24 bits per heavy atom. The maximum Gasteiger partial charge on any atom is 0.241 e. The normalized spacial score (nSPS) is 36.7. The minimum Gasteiger partial charge on any atom is -0.393 e. The van der Waals surface area contributed by atoms with Crippen molar-refractivity contribution in [3.63, 3.8) is 0 Å². The van der Waals surface area contributed by atoms with Crippen LogP contribution in [0.3, 0.4) is 0 Å². The molecule has 2 saturated heterocycles. The molecule has 3 aliphatic rings. The highest BCUT2D eigenvalue weighted by Gasteiger charge is 2.67. The van der Waals surface area contributed by atoms with E-state index >= 15 is 0 Å². The Labute approximate surface area is 125 Å². The molecule has 1 N–H and O–H groups in total. The first-order chi connectivity index (χ1) is 10.1. The maximum atomic E-state index is 12.7. The van der Waals surface area contributed by atoms with Crippen molar-refractivity contribution in [2.75, 3.05) is 11.5 Å². The molecule has 1 aromatic carbocycles. The zero-order valence-electron chi connectivity index (χ0n) is 10.9. The van der Waals surface area contributed by atoms with Crippen LogP contribution in [0.25, 0.3) is 0 Å². The molecule has 0 radical (unpaired) electrons. The highest BCUT2D eigenvalue weighted by atomic mass is 35.5. The predicted octanol–water partition coefficient (Wildman–Crippen LogP) is 1.15. The fourth-order valence-electron chi connectivity index (χ4n) is 3.53. The quantitative estimate of drug-likeness (QED) is 0.657. The summed E-state index contributed by atoms with van der Waals surface area (Å²) in [5.41, 5.74) is -0.556. The Kier molecular flexibility index (Phi) is 2.58. The van der Waals surface area contributed by atoms with Crippen LogP contribution in [0.1, 0.15) is 0 Å². The van der Waals surface area contributed by atoms with Crippen LogP contribution < -0.4 is 4.90 Å². The Morgan fingerprint density at radius 2 is 1.95 bits per heavy atom. The van der Waals surface area contributed by atoms with Gasteiger partial charge in [0.05, 0.1) is 30.2 Å². The molecule has 0 spiro atoms. The number of rotatable bonds is 2. The van der Waals surface area contributed by atoms with E-state index in [9.17, 15) is 14.7 Å². The summed E-state index contributed by atoms with van der Waals surface area (Å²) in [6.07, 6.45) is 3.03. The highest BCUT2D eigenvalue weighted by Crippen LogP contribution is 2.52. The van der Waals surface area contributed by atoms with Crippen molar-refractivity contribution in [2.24, 2.45) is 11.8 Å². The summed E-state index contributed by atoms with van der Waals surface area (Å²) in [6, 6.07) is 6.55. The molecule has 21 heavy (non-hydrogen) atoms. The maximum absolute atomic E-state index is 12.7. The predicted molar refractivity (Wildman–Crippen MR) is 74.8 cm³/mol. The molecule has 5 nitrogen and oxygen atoms in total. The number of halogens is 1. The van der Waals surface area contributed by atoms with E-state index in [4.69, 9.17) is 16.3 Å². The molecule has 6 heteroatoms. The summed E-state index contributed by atoms with van der Waals surface area (Å²) in [6.45, 7) is -0.311. The van der Waals surface area contributed by atoms with E-state index < -0.39 is 23.5 Å². The number of carbonyl (C=O) groups excluding carboxylic acids is 2. The smallest absolute Gasteiger partial charge is 0.241 e. The number of nitrogens with zero attached hydrogens (tertiary/aromatic N) is 1. The van der Waals surface area contributed by atoms with Crippen molar-refractivity contribution in [1.29, 1.82) is 0 Å². The van der Waals surface area contributed by atoms with Gasteiger partial charge in [0, 0.05) is 5.02 Å². The minimum atomic E-state index is -1.05. The molecular weight excluding hydrogens is 294 g/mol. The van der Waals surface area contributed by atoms with Crippen LogP contribution in [0.15, 0.2) is 36.4 Å². The number of hydrogen-bond donors (Lipinski definition) is 1. The van der Waals surface area contributed by atoms with Crippen molar-refractivity contribution in [1.82, 2.24) is 0 Å². The summed E-state index contributed by atoms with van der Waals surface area (Å²) in [4.78, 5) is 26.5. The number of anilines is 1.